The van der Waals surface area contributed by atoms with E-state index in [-0.39, 0.29) is 6.61 Å². The van der Waals surface area contributed by atoms with E-state index in [0.717, 1.165) is 32.2 Å². The molecule has 5 heteroatoms. The second kappa shape index (κ2) is 9.71. The number of alkyl halides is 3. The Morgan fingerprint density at radius 3 is 2.35 bits per heavy atom. The number of ether oxygens (including phenoxy) is 1. The molecule has 0 bridgehead atoms. The van der Waals surface area contributed by atoms with Crippen molar-refractivity contribution < 1.29 is 17.9 Å². The molecule has 0 aliphatic heterocycles. The summed E-state index contributed by atoms with van der Waals surface area (Å²) < 4.78 is 39.7. The van der Waals surface area contributed by atoms with Gasteiger partial charge in [0.15, 0.2) is 0 Å². The molecular weight excluding hydrogens is 231 g/mol. The first-order valence-electron chi connectivity index (χ1n) is 6.37. The zero-order valence-corrected chi connectivity index (χ0v) is 10.8. The van der Waals surface area contributed by atoms with E-state index in [0.29, 0.717) is 12.5 Å². The fourth-order valence-corrected chi connectivity index (χ4v) is 1.70. The van der Waals surface area contributed by atoms with Crippen molar-refractivity contribution in [3.05, 3.63) is 0 Å². The number of halogens is 3. The first-order valence-corrected chi connectivity index (χ1v) is 6.37. The summed E-state index contributed by atoms with van der Waals surface area (Å²) in [4.78, 5) is 0. The molecule has 0 fully saturated rings. The average molecular weight is 255 g/mol. The fourth-order valence-electron chi connectivity index (χ4n) is 1.70. The van der Waals surface area contributed by atoms with E-state index in [2.05, 4.69) is 23.9 Å². The third kappa shape index (κ3) is 12.0. The van der Waals surface area contributed by atoms with Gasteiger partial charge in [-0.25, -0.2) is 0 Å². The summed E-state index contributed by atoms with van der Waals surface area (Å²) in [5, 5.41) is 3.37. The highest BCUT2D eigenvalue weighted by atomic mass is 19.4. The van der Waals surface area contributed by atoms with Crippen LogP contribution in [-0.2, 0) is 4.74 Å². The van der Waals surface area contributed by atoms with Gasteiger partial charge in [0, 0.05) is 12.6 Å². The maximum absolute atomic E-state index is 11.7. The van der Waals surface area contributed by atoms with E-state index in [1.54, 1.807) is 0 Å². The lowest BCUT2D eigenvalue weighted by Gasteiger charge is -2.15. The zero-order valence-electron chi connectivity index (χ0n) is 10.8. The fraction of sp³-hybridized carbons (Fsp3) is 1.00. The largest absolute Gasteiger partial charge is 0.411 e. The molecule has 0 rings (SSSR count). The topological polar surface area (TPSA) is 21.3 Å². The Morgan fingerprint density at radius 2 is 1.82 bits per heavy atom. The van der Waals surface area contributed by atoms with Gasteiger partial charge in [0.25, 0.3) is 0 Å². The van der Waals surface area contributed by atoms with Gasteiger partial charge in [-0.1, -0.05) is 26.7 Å². The summed E-state index contributed by atoms with van der Waals surface area (Å²) in [7, 11) is 0. The molecule has 1 atom stereocenters. The van der Waals surface area contributed by atoms with Gasteiger partial charge in [0.1, 0.15) is 6.61 Å². The van der Waals surface area contributed by atoms with E-state index < -0.39 is 12.8 Å². The van der Waals surface area contributed by atoms with Crippen molar-refractivity contribution in [1.82, 2.24) is 5.32 Å². The molecule has 2 nitrogen and oxygen atoms in total. The van der Waals surface area contributed by atoms with Gasteiger partial charge in [0.05, 0.1) is 0 Å². The number of hydrogen-bond donors (Lipinski definition) is 1. The first kappa shape index (κ1) is 16.7. The molecule has 0 saturated heterocycles. The molecule has 0 aromatic rings. The summed E-state index contributed by atoms with van der Waals surface area (Å²) in [5.74, 6) is 0. The van der Waals surface area contributed by atoms with Gasteiger partial charge in [-0.3, -0.25) is 0 Å². The molecule has 0 heterocycles. The van der Waals surface area contributed by atoms with Crippen LogP contribution in [0.25, 0.3) is 0 Å². The van der Waals surface area contributed by atoms with Gasteiger partial charge in [-0.15, -0.1) is 0 Å². The Hall–Kier alpha value is -0.290. The van der Waals surface area contributed by atoms with Crippen molar-refractivity contribution in [3.63, 3.8) is 0 Å². The smallest absolute Gasteiger partial charge is 0.372 e. The highest BCUT2D eigenvalue weighted by Crippen LogP contribution is 2.14. The van der Waals surface area contributed by atoms with Gasteiger partial charge in [0.2, 0.25) is 0 Å². The predicted molar refractivity (Wildman–Crippen MR) is 63.1 cm³/mol. The minimum atomic E-state index is -4.20. The van der Waals surface area contributed by atoms with Gasteiger partial charge >= 0.3 is 6.18 Å². The Morgan fingerprint density at radius 1 is 1.12 bits per heavy atom. The maximum atomic E-state index is 11.7. The van der Waals surface area contributed by atoms with Crippen molar-refractivity contribution in [1.29, 1.82) is 0 Å². The van der Waals surface area contributed by atoms with Crippen LogP contribution >= 0.6 is 0 Å². The second-order valence-corrected chi connectivity index (χ2v) is 4.18. The summed E-state index contributed by atoms with van der Waals surface area (Å²) in [6.45, 7) is 4.26. The molecule has 0 aliphatic carbocycles. The summed E-state index contributed by atoms with van der Waals surface area (Å²) >= 11 is 0. The Kier molecular flexibility index (Phi) is 9.55. The molecule has 0 radical (unpaired) electrons. The van der Waals surface area contributed by atoms with Crippen molar-refractivity contribution >= 4 is 0 Å². The van der Waals surface area contributed by atoms with Crippen LogP contribution in [0.3, 0.4) is 0 Å². The molecular formula is C12H24F3NO. The van der Waals surface area contributed by atoms with Crippen molar-refractivity contribution in [2.24, 2.45) is 0 Å². The van der Waals surface area contributed by atoms with Gasteiger partial charge < -0.3 is 10.1 Å². The average Bonchev–Trinajstić information content (AvgIpc) is 2.24. The van der Waals surface area contributed by atoms with Crippen LogP contribution in [0.15, 0.2) is 0 Å². The van der Waals surface area contributed by atoms with Crippen molar-refractivity contribution in [2.45, 2.75) is 58.2 Å². The molecule has 1 unspecified atom stereocenters. The highest BCUT2D eigenvalue weighted by Gasteiger charge is 2.27. The maximum Gasteiger partial charge on any atom is 0.411 e. The van der Waals surface area contributed by atoms with Gasteiger partial charge in [-0.05, 0) is 25.8 Å². The normalized spacial score (nSPS) is 13.9. The van der Waals surface area contributed by atoms with Crippen LogP contribution in [0.5, 0.6) is 0 Å². The van der Waals surface area contributed by atoms with E-state index in [1.807, 2.05) is 0 Å². The van der Waals surface area contributed by atoms with E-state index in [1.165, 1.54) is 0 Å². The summed E-state index contributed by atoms with van der Waals surface area (Å²) in [5.41, 5.74) is 0. The lowest BCUT2D eigenvalue weighted by molar-refractivity contribution is -0.174. The third-order valence-electron chi connectivity index (χ3n) is 2.59. The summed E-state index contributed by atoms with van der Waals surface area (Å²) in [6, 6.07) is 0.538. The number of unbranched alkanes of at least 4 members (excludes halogenated alkanes) is 2. The van der Waals surface area contributed by atoms with E-state index >= 15 is 0 Å². The van der Waals surface area contributed by atoms with Crippen LogP contribution < -0.4 is 5.32 Å². The standard InChI is InChI=1S/C12H24F3NO/c1-3-11(16-4-2)8-6-5-7-9-17-10-12(13,14)15/h11,16H,3-10H2,1-2H3. The molecule has 0 spiro atoms. The lowest BCUT2D eigenvalue weighted by atomic mass is 10.1. The molecule has 0 saturated carbocycles. The van der Waals surface area contributed by atoms with Crippen molar-refractivity contribution in [3.8, 4) is 0 Å². The molecule has 0 aliphatic rings. The molecule has 0 aromatic heterocycles. The van der Waals surface area contributed by atoms with Crippen LogP contribution in [0.2, 0.25) is 0 Å². The quantitative estimate of drug-likeness (QED) is 0.603. The zero-order chi connectivity index (χ0) is 13.1. The SMILES string of the molecule is CCNC(CC)CCCCCOCC(F)(F)F. The Labute approximate surface area is 102 Å². The van der Waals surface area contributed by atoms with Crippen LogP contribution in [-0.4, -0.2) is 32.0 Å². The number of hydrogen-bond acceptors (Lipinski definition) is 2. The number of rotatable bonds is 10. The molecule has 0 aromatic carbocycles. The molecule has 17 heavy (non-hydrogen) atoms. The Balaban J connectivity index is 3.28. The highest BCUT2D eigenvalue weighted by molar-refractivity contribution is 4.63. The van der Waals surface area contributed by atoms with Crippen molar-refractivity contribution in [2.75, 3.05) is 19.8 Å². The number of nitrogens with one attached hydrogen (secondary N) is 1. The third-order valence-corrected chi connectivity index (χ3v) is 2.59. The molecule has 0 amide bonds. The summed E-state index contributed by atoms with van der Waals surface area (Å²) in [6.07, 6.45) is 0.666. The Bertz CT molecular complexity index is 174. The minimum absolute atomic E-state index is 0.206. The molecule has 1 N–H and O–H groups in total. The van der Waals surface area contributed by atoms with E-state index in [4.69, 9.17) is 0 Å². The lowest BCUT2D eigenvalue weighted by Crippen LogP contribution is -2.27. The van der Waals surface area contributed by atoms with Crippen LogP contribution in [0.1, 0.15) is 46.0 Å². The van der Waals surface area contributed by atoms with Gasteiger partial charge in [-0.2, -0.15) is 13.2 Å². The first-order chi connectivity index (χ1) is 7.99. The minimum Gasteiger partial charge on any atom is -0.372 e. The second-order valence-electron chi connectivity index (χ2n) is 4.18. The van der Waals surface area contributed by atoms with E-state index in [9.17, 15) is 13.2 Å². The molecule has 104 valence electrons. The van der Waals surface area contributed by atoms with Crippen LogP contribution in [0, 0.1) is 0 Å². The monoisotopic (exact) mass is 255 g/mol. The van der Waals surface area contributed by atoms with Crippen LogP contribution in [0.4, 0.5) is 13.2 Å². The predicted octanol–water partition coefficient (Wildman–Crippen LogP) is 3.51.